The van der Waals surface area contributed by atoms with Crippen LogP contribution in [0.15, 0.2) is 85.1 Å². The third kappa shape index (κ3) is 37.8. The number of ether oxygens (including phenoxy) is 3. The molecule has 0 aromatic rings. The summed E-state index contributed by atoms with van der Waals surface area (Å²) in [4.78, 5) is 36.8. The molecule has 0 aromatic heterocycles. The van der Waals surface area contributed by atoms with Gasteiger partial charge in [-0.05, 0) is 77.0 Å². The van der Waals surface area contributed by atoms with Crippen molar-refractivity contribution in [1.29, 1.82) is 0 Å². The van der Waals surface area contributed by atoms with E-state index in [2.05, 4.69) is 98.9 Å². The molecule has 0 radical (unpaired) electrons. The minimum Gasteiger partial charge on any atom is -0.544 e. The molecule has 0 fully saturated rings. The Kier molecular flexibility index (Phi) is 36.9. The monoisotopic (exact) mass is 796 g/mol. The third-order valence-electron chi connectivity index (χ3n) is 9.29. The van der Waals surface area contributed by atoms with E-state index in [0.29, 0.717) is 12.8 Å². The van der Waals surface area contributed by atoms with Gasteiger partial charge in [0.15, 0.2) is 6.10 Å². The number of carboxylic acid groups (broad SMARTS) is 1. The Bertz CT molecular complexity index is 1200. The average Bonchev–Trinajstić information content (AvgIpc) is 3.17. The molecule has 0 aromatic carbocycles. The van der Waals surface area contributed by atoms with Crippen LogP contribution in [-0.4, -0.2) is 75.5 Å². The van der Waals surface area contributed by atoms with Crippen LogP contribution in [0.25, 0.3) is 0 Å². The van der Waals surface area contributed by atoms with Crippen LogP contribution >= 0.6 is 0 Å². The zero-order valence-corrected chi connectivity index (χ0v) is 36.7. The zero-order valence-electron chi connectivity index (χ0n) is 36.7. The summed E-state index contributed by atoms with van der Waals surface area (Å²) in [6.07, 6.45) is 50.4. The number of carbonyl (C=O) groups excluding carboxylic acids is 3. The van der Waals surface area contributed by atoms with Crippen LogP contribution in [0, 0.1) is 0 Å². The van der Waals surface area contributed by atoms with Crippen molar-refractivity contribution in [2.45, 2.75) is 167 Å². The molecular formula is C49H81NO7. The Balaban J connectivity index is 4.37. The topological polar surface area (TPSA) is 102 Å². The molecule has 0 rings (SSSR count). The van der Waals surface area contributed by atoms with Gasteiger partial charge in [0, 0.05) is 19.3 Å². The average molecular weight is 796 g/mol. The van der Waals surface area contributed by atoms with Gasteiger partial charge in [-0.2, -0.15) is 0 Å². The molecular weight excluding hydrogens is 715 g/mol. The van der Waals surface area contributed by atoms with E-state index in [0.717, 1.165) is 96.3 Å². The van der Waals surface area contributed by atoms with Gasteiger partial charge in [-0.1, -0.05) is 144 Å². The van der Waals surface area contributed by atoms with Gasteiger partial charge in [0.1, 0.15) is 12.6 Å². The maximum Gasteiger partial charge on any atom is 0.306 e. The molecule has 0 saturated carbocycles. The Hall–Kier alpha value is -3.49. The number of unbranched alkanes of at least 4 members (excludes halogenated alkanes) is 11. The van der Waals surface area contributed by atoms with E-state index in [1.54, 1.807) is 21.1 Å². The van der Waals surface area contributed by atoms with Crippen molar-refractivity contribution < 1.29 is 38.2 Å². The first-order valence-corrected chi connectivity index (χ1v) is 22.1. The Morgan fingerprint density at radius 1 is 0.561 bits per heavy atom. The van der Waals surface area contributed by atoms with Crippen molar-refractivity contribution in [3.63, 3.8) is 0 Å². The second-order valence-electron chi connectivity index (χ2n) is 15.6. The molecule has 0 aliphatic heterocycles. The molecule has 0 heterocycles. The minimum absolute atomic E-state index is 0.0209. The maximum atomic E-state index is 12.7. The zero-order chi connectivity index (χ0) is 42.1. The summed E-state index contributed by atoms with van der Waals surface area (Å²) >= 11 is 0. The number of esters is 2. The van der Waals surface area contributed by atoms with Gasteiger partial charge in [-0.3, -0.25) is 9.59 Å². The fourth-order valence-corrected chi connectivity index (χ4v) is 5.84. The van der Waals surface area contributed by atoms with Gasteiger partial charge >= 0.3 is 11.9 Å². The molecule has 2 atom stereocenters. The number of likely N-dealkylation sites (N-methyl/N-ethyl adjacent to an activating group) is 1. The van der Waals surface area contributed by atoms with Gasteiger partial charge in [-0.25, -0.2) is 0 Å². The summed E-state index contributed by atoms with van der Waals surface area (Å²) in [7, 11) is 5.38. The van der Waals surface area contributed by atoms with E-state index in [9.17, 15) is 19.5 Å². The molecule has 0 amide bonds. The number of hydrogen-bond donors (Lipinski definition) is 0. The summed E-state index contributed by atoms with van der Waals surface area (Å²) in [5.74, 6) is -1.80. The number of carbonyl (C=O) groups is 3. The molecule has 0 spiro atoms. The third-order valence-corrected chi connectivity index (χ3v) is 9.29. The van der Waals surface area contributed by atoms with E-state index >= 15 is 0 Å². The first-order valence-electron chi connectivity index (χ1n) is 22.1. The van der Waals surface area contributed by atoms with Crippen LogP contribution < -0.4 is 5.11 Å². The van der Waals surface area contributed by atoms with Gasteiger partial charge in [0.05, 0.1) is 40.3 Å². The summed E-state index contributed by atoms with van der Waals surface area (Å²) < 4.78 is 17.1. The van der Waals surface area contributed by atoms with Gasteiger partial charge < -0.3 is 28.6 Å². The highest BCUT2D eigenvalue weighted by Crippen LogP contribution is 2.12. The van der Waals surface area contributed by atoms with E-state index in [1.165, 1.54) is 25.7 Å². The molecule has 8 heteroatoms. The Labute approximate surface area is 348 Å². The Morgan fingerprint density at radius 2 is 1.04 bits per heavy atom. The predicted octanol–water partition coefficient (Wildman–Crippen LogP) is 10.8. The van der Waals surface area contributed by atoms with Crippen LogP contribution in [0.4, 0.5) is 0 Å². The molecule has 8 nitrogen and oxygen atoms in total. The molecule has 0 aliphatic rings. The lowest BCUT2D eigenvalue weighted by Gasteiger charge is -2.34. The number of quaternary nitrogens is 1. The van der Waals surface area contributed by atoms with Crippen LogP contribution in [0.5, 0.6) is 0 Å². The fraction of sp³-hybridized carbons (Fsp3) is 0.653. The molecule has 324 valence electrons. The van der Waals surface area contributed by atoms with E-state index in [1.807, 2.05) is 0 Å². The molecule has 57 heavy (non-hydrogen) atoms. The quantitative estimate of drug-likeness (QED) is 0.0202. The van der Waals surface area contributed by atoms with E-state index in [4.69, 9.17) is 14.2 Å². The molecule has 2 unspecified atom stereocenters. The number of rotatable bonds is 38. The minimum atomic E-state index is -1.14. The first-order chi connectivity index (χ1) is 27.6. The van der Waals surface area contributed by atoms with Crippen LogP contribution in [0.2, 0.25) is 0 Å². The highest BCUT2D eigenvalue weighted by Gasteiger charge is 2.25. The van der Waals surface area contributed by atoms with Crippen LogP contribution in [0.1, 0.15) is 155 Å². The maximum absolute atomic E-state index is 12.7. The lowest BCUT2D eigenvalue weighted by atomic mass is 10.1. The highest BCUT2D eigenvalue weighted by molar-refractivity contribution is 5.70. The van der Waals surface area contributed by atoms with Crippen LogP contribution in [-0.2, 0) is 28.6 Å². The normalized spacial score (nSPS) is 13.8. The van der Waals surface area contributed by atoms with Crippen molar-refractivity contribution in [2.24, 2.45) is 0 Å². The lowest BCUT2D eigenvalue weighted by Crippen LogP contribution is -2.55. The summed E-state index contributed by atoms with van der Waals surface area (Å²) in [6.45, 7) is 4.43. The van der Waals surface area contributed by atoms with Crippen molar-refractivity contribution in [3.05, 3.63) is 85.1 Å². The number of nitrogens with zero attached hydrogens (tertiary/aromatic N) is 1. The summed E-state index contributed by atoms with van der Waals surface area (Å²) in [5, 5.41) is 11.6. The van der Waals surface area contributed by atoms with Gasteiger partial charge in [0.25, 0.3) is 0 Å². The van der Waals surface area contributed by atoms with Gasteiger partial charge in [0.2, 0.25) is 0 Å². The predicted molar refractivity (Wildman–Crippen MR) is 235 cm³/mol. The van der Waals surface area contributed by atoms with Gasteiger partial charge in [-0.15, -0.1) is 0 Å². The van der Waals surface area contributed by atoms with Crippen molar-refractivity contribution in [3.8, 4) is 0 Å². The van der Waals surface area contributed by atoms with E-state index < -0.39 is 18.1 Å². The standard InChI is InChI=1S/C49H81NO7/c1-6-8-10-12-14-16-18-19-20-21-22-23-24-25-26-27-28-30-32-34-36-38-40-48(52)57-45(43-55-42-41-46(49(53)54)50(3,4)5)44-56-47(51)39-37-35-33-31-29-17-15-13-11-9-7-2/h8,10,13-17,19-20,22-23,25-26,29,45-46H,6-7,9,11-12,18,21,24,27-28,30-44H2,1-5H3/b10-8+,15-13+,16-14+,20-19+,23-22+,26-25+,29-17+. The number of allylic oxidation sites excluding steroid dienone is 14. The van der Waals surface area contributed by atoms with Crippen molar-refractivity contribution >= 4 is 17.9 Å². The van der Waals surface area contributed by atoms with Crippen molar-refractivity contribution in [2.75, 3.05) is 41.0 Å². The molecule has 0 N–H and O–H groups in total. The van der Waals surface area contributed by atoms with E-state index in [-0.39, 0.29) is 42.7 Å². The number of aliphatic carboxylic acids is 1. The number of hydrogen-bond acceptors (Lipinski definition) is 7. The fourth-order valence-electron chi connectivity index (χ4n) is 5.84. The lowest BCUT2D eigenvalue weighted by molar-refractivity contribution is -0.889. The Morgan fingerprint density at radius 3 is 1.58 bits per heavy atom. The SMILES string of the molecule is CC/C=C/C/C=C/C/C=C/C/C=C/C/C=C/CCCCCCCCC(=O)OC(COCCC(C(=O)[O-])[N+](C)(C)C)COC(=O)CCCCC/C=C/C=C/CCCC. The second-order valence-corrected chi connectivity index (χ2v) is 15.6. The smallest absolute Gasteiger partial charge is 0.306 e. The van der Waals surface area contributed by atoms with Crippen LogP contribution in [0.3, 0.4) is 0 Å². The largest absolute Gasteiger partial charge is 0.544 e. The first kappa shape index (κ1) is 53.5. The summed E-state index contributed by atoms with van der Waals surface area (Å²) in [5.41, 5.74) is 0. The summed E-state index contributed by atoms with van der Waals surface area (Å²) in [6, 6.07) is -0.736. The molecule has 0 aliphatic carbocycles. The highest BCUT2D eigenvalue weighted by atomic mass is 16.6. The molecule has 0 bridgehead atoms. The number of carboxylic acids is 1. The second kappa shape index (κ2) is 39.3. The van der Waals surface area contributed by atoms with Crippen molar-refractivity contribution in [1.82, 2.24) is 0 Å². The molecule has 0 saturated heterocycles.